The zero-order chi connectivity index (χ0) is 20.8. The lowest BCUT2D eigenvalue weighted by molar-refractivity contribution is -0.134. The molecule has 6 heteroatoms. The zero-order valence-corrected chi connectivity index (χ0v) is 17.9. The van der Waals surface area contributed by atoms with Crippen molar-refractivity contribution in [1.29, 1.82) is 0 Å². The number of rotatable bonds is 8. The summed E-state index contributed by atoms with van der Waals surface area (Å²) in [5.74, 6) is 1.18. The lowest BCUT2D eigenvalue weighted by atomic mass is 10.0. The van der Waals surface area contributed by atoms with Crippen molar-refractivity contribution in [2.24, 2.45) is 11.1 Å². The van der Waals surface area contributed by atoms with Gasteiger partial charge in [-0.15, -0.1) is 0 Å². The molecule has 1 unspecified atom stereocenters. The normalized spacial score (nSPS) is 15.8. The van der Waals surface area contributed by atoms with Gasteiger partial charge in [0.2, 0.25) is 5.91 Å². The molecule has 1 aliphatic heterocycles. The molecule has 1 amide bonds. The van der Waals surface area contributed by atoms with Gasteiger partial charge in [-0.25, -0.2) is 0 Å². The molecule has 0 N–H and O–H groups in total. The Morgan fingerprint density at radius 3 is 2.62 bits per heavy atom. The van der Waals surface area contributed by atoms with Crippen molar-refractivity contribution < 1.29 is 14.4 Å². The number of amides is 1. The van der Waals surface area contributed by atoms with Crippen molar-refractivity contribution in [1.82, 2.24) is 4.90 Å². The van der Waals surface area contributed by atoms with Gasteiger partial charge in [-0.2, -0.15) is 0 Å². The van der Waals surface area contributed by atoms with Crippen LogP contribution in [0.2, 0.25) is 5.02 Å². The minimum absolute atomic E-state index is 0.0985. The molecule has 0 saturated heterocycles. The molecule has 0 aliphatic carbocycles. The fourth-order valence-electron chi connectivity index (χ4n) is 3.29. The third kappa shape index (κ3) is 5.73. The lowest BCUT2D eigenvalue weighted by Gasteiger charge is -2.26. The standard InChI is InChI=1S/C23H27ClN2O3/c1-16(2)12-23(27)26(14-18-6-4-5-7-21(18)24)15-20-13-22(25-29-20)17-8-10-19(28-3)11-9-17/h4-11,16,20H,12-15H2,1-3H3. The molecule has 1 heterocycles. The molecule has 0 bridgehead atoms. The van der Waals surface area contributed by atoms with Gasteiger partial charge in [0, 0.05) is 24.4 Å². The molecule has 2 aromatic rings. The molecule has 0 aromatic heterocycles. The van der Waals surface area contributed by atoms with Crippen molar-refractivity contribution in [3.63, 3.8) is 0 Å². The molecule has 5 nitrogen and oxygen atoms in total. The van der Waals surface area contributed by atoms with Crippen LogP contribution in [0.3, 0.4) is 0 Å². The van der Waals surface area contributed by atoms with Crippen LogP contribution in [0.25, 0.3) is 0 Å². The Bertz CT molecular complexity index is 865. The van der Waals surface area contributed by atoms with Crippen molar-refractivity contribution >= 4 is 23.2 Å². The average Bonchev–Trinajstić information content (AvgIpc) is 3.17. The Labute approximate surface area is 177 Å². The van der Waals surface area contributed by atoms with Crippen LogP contribution < -0.4 is 4.74 Å². The van der Waals surface area contributed by atoms with Crippen molar-refractivity contribution in [3.05, 3.63) is 64.7 Å². The lowest BCUT2D eigenvalue weighted by Crippen LogP contribution is -2.37. The number of carbonyl (C=O) groups is 1. The summed E-state index contributed by atoms with van der Waals surface area (Å²) in [7, 11) is 1.64. The first-order valence-corrected chi connectivity index (χ1v) is 10.2. The molecular weight excluding hydrogens is 388 g/mol. The van der Waals surface area contributed by atoms with Gasteiger partial charge in [0.25, 0.3) is 0 Å². The van der Waals surface area contributed by atoms with E-state index in [1.807, 2.05) is 67.3 Å². The van der Waals surface area contributed by atoms with Crippen LogP contribution in [-0.2, 0) is 16.2 Å². The summed E-state index contributed by atoms with van der Waals surface area (Å²) < 4.78 is 5.20. The molecule has 3 rings (SSSR count). The zero-order valence-electron chi connectivity index (χ0n) is 17.1. The quantitative estimate of drug-likeness (QED) is 0.616. The summed E-state index contributed by atoms with van der Waals surface area (Å²) in [4.78, 5) is 20.3. The van der Waals surface area contributed by atoms with Crippen LogP contribution in [0, 0.1) is 5.92 Å². The van der Waals surface area contributed by atoms with E-state index in [9.17, 15) is 4.79 Å². The number of nitrogens with zero attached hydrogens (tertiary/aromatic N) is 2. The van der Waals surface area contributed by atoms with Gasteiger partial charge < -0.3 is 14.5 Å². The number of carbonyl (C=O) groups excluding carboxylic acids is 1. The van der Waals surface area contributed by atoms with Gasteiger partial charge in [-0.3, -0.25) is 4.79 Å². The molecule has 0 spiro atoms. The second-order valence-electron chi connectivity index (χ2n) is 7.66. The largest absolute Gasteiger partial charge is 0.497 e. The average molecular weight is 415 g/mol. The number of methoxy groups -OCH3 is 1. The Kier molecular flexibility index (Phi) is 7.15. The first-order chi connectivity index (χ1) is 14.0. The van der Waals surface area contributed by atoms with Crippen LogP contribution in [0.1, 0.15) is 37.8 Å². The third-order valence-electron chi connectivity index (χ3n) is 4.83. The molecule has 0 fully saturated rings. The Hall–Kier alpha value is -2.53. The van der Waals surface area contributed by atoms with Crippen molar-refractivity contribution in [2.45, 2.75) is 39.3 Å². The summed E-state index contributed by atoms with van der Waals surface area (Å²) in [6, 6.07) is 15.4. The highest BCUT2D eigenvalue weighted by atomic mass is 35.5. The second kappa shape index (κ2) is 9.79. The Balaban J connectivity index is 1.67. The van der Waals surface area contributed by atoms with E-state index in [0.717, 1.165) is 22.6 Å². The highest BCUT2D eigenvalue weighted by Crippen LogP contribution is 2.23. The van der Waals surface area contributed by atoms with Crippen LogP contribution in [0.15, 0.2) is 53.7 Å². The van der Waals surface area contributed by atoms with E-state index in [2.05, 4.69) is 5.16 Å². The Morgan fingerprint density at radius 1 is 1.24 bits per heavy atom. The van der Waals surface area contributed by atoms with Crippen LogP contribution in [0.4, 0.5) is 0 Å². The second-order valence-corrected chi connectivity index (χ2v) is 8.07. The van der Waals surface area contributed by atoms with E-state index in [1.165, 1.54) is 0 Å². The van der Waals surface area contributed by atoms with Gasteiger partial charge in [0.15, 0.2) is 6.10 Å². The smallest absolute Gasteiger partial charge is 0.223 e. The van der Waals surface area contributed by atoms with Crippen molar-refractivity contribution in [2.75, 3.05) is 13.7 Å². The van der Waals surface area contributed by atoms with Crippen LogP contribution in [0.5, 0.6) is 5.75 Å². The van der Waals surface area contributed by atoms with Crippen molar-refractivity contribution in [3.8, 4) is 5.75 Å². The maximum atomic E-state index is 12.9. The summed E-state index contributed by atoms with van der Waals surface area (Å²) in [6.45, 7) is 5.02. The van der Waals surface area contributed by atoms with E-state index < -0.39 is 0 Å². The minimum Gasteiger partial charge on any atom is -0.497 e. The van der Waals surface area contributed by atoms with E-state index in [-0.39, 0.29) is 17.9 Å². The van der Waals surface area contributed by atoms with Gasteiger partial charge in [-0.05, 0) is 47.4 Å². The maximum Gasteiger partial charge on any atom is 0.223 e. The van der Waals surface area contributed by atoms with Crippen LogP contribution >= 0.6 is 11.6 Å². The van der Waals surface area contributed by atoms with Gasteiger partial charge in [0.1, 0.15) is 5.75 Å². The molecule has 2 aromatic carbocycles. The SMILES string of the molecule is COc1ccc(C2=NOC(CN(Cc3ccccc3Cl)C(=O)CC(C)C)C2)cc1. The molecule has 1 aliphatic rings. The van der Waals surface area contributed by atoms with E-state index in [4.69, 9.17) is 21.2 Å². The van der Waals surface area contributed by atoms with Gasteiger partial charge in [0.05, 0.1) is 19.4 Å². The maximum absolute atomic E-state index is 12.9. The summed E-state index contributed by atoms with van der Waals surface area (Å²) >= 11 is 6.32. The number of oxime groups is 1. The van der Waals surface area contributed by atoms with E-state index in [1.54, 1.807) is 7.11 Å². The topological polar surface area (TPSA) is 51.1 Å². The van der Waals surface area contributed by atoms with Crippen LogP contribution in [-0.4, -0.2) is 36.3 Å². The number of hydrogen-bond donors (Lipinski definition) is 0. The summed E-state index contributed by atoms with van der Waals surface area (Å²) in [6.07, 6.45) is 0.967. The monoisotopic (exact) mass is 414 g/mol. The highest BCUT2D eigenvalue weighted by molar-refractivity contribution is 6.31. The predicted molar refractivity (Wildman–Crippen MR) is 115 cm³/mol. The van der Waals surface area contributed by atoms with Gasteiger partial charge >= 0.3 is 0 Å². The number of benzene rings is 2. The number of hydrogen-bond acceptors (Lipinski definition) is 4. The summed E-state index contributed by atoms with van der Waals surface area (Å²) in [5.41, 5.74) is 2.81. The Morgan fingerprint density at radius 2 is 1.97 bits per heavy atom. The molecule has 0 saturated carbocycles. The molecule has 0 radical (unpaired) electrons. The number of ether oxygens (including phenoxy) is 1. The predicted octanol–water partition coefficient (Wildman–Crippen LogP) is 4.92. The molecule has 1 atom stereocenters. The first kappa shape index (κ1) is 21.2. The molecule has 29 heavy (non-hydrogen) atoms. The molecule has 154 valence electrons. The first-order valence-electron chi connectivity index (χ1n) is 9.84. The van der Waals surface area contributed by atoms with Gasteiger partial charge in [-0.1, -0.05) is 48.8 Å². The van der Waals surface area contributed by atoms with E-state index >= 15 is 0 Å². The highest BCUT2D eigenvalue weighted by Gasteiger charge is 2.27. The summed E-state index contributed by atoms with van der Waals surface area (Å²) in [5, 5.41) is 4.92. The minimum atomic E-state index is -0.175. The molecular formula is C23H27ClN2O3. The third-order valence-corrected chi connectivity index (χ3v) is 5.20. The fourth-order valence-corrected chi connectivity index (χ4v) is 3.49. The fraction of sp³-hybridized carbons (Fsp3) is 0.391. The number of halogens is 1. The van der Waals surface area contributed by atoms with E-state index in [0.29, 0.717) is 31.0 Å².